The van der Waals surface area contributed by atoms with Crippen LogP contribution in [0.25, 0.3) is 0 Å². The van der Waals surface area contributed by atoms with E-state index in [4.69, 9.17) is 6.42 Å². The molecule has 0 aliphatic carbocycles. The summed E-state index contributed by atoms with van der Waals surface area (Å²) in [6.45, 7) is 12.6. The van der Waals surface area contributed by atoms with Crippen molar-refractivity contribution < 1.29 is 4.79 Å². The summed E-state index contributed by atoms with van der Waals surface area (Å²) in [6.07, 6.45) is 9.20. The van der Waals surface area contributed by atoms with Gasteiger partial charge in [0.15, 0.2) is 0 Å². The van der Waals surface area contributed by atoms with Gasteiger partial charge in [-0.15, -0.1) is 6.42 Å². The second kappa shape index (κ2) is 6.30. The number of carbonyl (C=O) groups excluding carboxylic acids is 1. The van der Waals surface area contributed by atoms with E-state index < -0.39 is 5.91 Å². The Kier molecular flexibility index (Phi) is 5.74. The molecule has 2 nitrogen and oxygen atoms in total. The first-order valence-corrected chi connectivity index (χ1v) is 5.85. The minimum absolute atomic E-state index is 0.137. The lowest BCUT2D eigenvalue weighted by molar-refractivity contribution is -0.115. The van der Waals surface area contributed by atoms with Gasteiger partial charge < -0.3 is 5.32 Å². The standard InChI is InChI=1S/C15H23NO/c1-8-14(17)16-13(5)12(4)9-10-15(6,7)11(2)3/h1,9-11H,2-7H3,(H,16,17)/b10-9-,13-12+. The van der Waals surface area contributed by atoms with Gasteiger partial charge in [-0.25, -0.2) is 0 Å². The molecule has 94 valence electrons. The Hall–Kier alpha value is -1.49. The van der Waals surface area contributed by atoms with Crippen LogP contribution in [0, 0.1) is 23.7 Å². The van der Waals surface area contributed by atoms with Crippen molar-refractivity contribution >= 4 is 5.91 Å². The number of hydrogen-bond donors (Lipinski definition) is 1. The van der Waals surface area contributed by atoms with E-state index in [9.17, 15) is 4.79 Å². The van der Waals surface area contributed by atoms with Crippen molar-refractivity contribution in [3.8, 4) is 12.3 Å². The number of amides is 1. The Balaban J connectivity index is 4.79. The number of hydrogen-bond acceptors (Lipinski definition) is 1. The molecule has 0 saturated carbocycles. The molecule has 0 aliphatic heterocycles. The van der Waals surface area contributed by atoms with Gasteiger partial charge in [0.2, 0.25) is 0 Å². The molecule has 2 heteroatoms. The van der Waals surface area contributed by atoms with Crippen LogP contribution in [-0.2, 0) is 4.79 Å². The Morgan fingerprint density at radius 1 is 1.35 bits per heavy atom. The van der Waals surface area contributed by atoms with E-state index in [1.807, 2.05) is 25.8 Å². The number of rotatable bonds is 4. The van der Waals surface area contributed by atoms with Crippen LogP contribution in [0.5, 0.6) is 0 Å². The maximum absolute atomic E-state index is 11.0. The first-order chi connectivity index (χ1) is 7.70. The lowest BCUT2D eigenvalue weighted by Crippen LogP contribution is -2.20. The zero-order valence-corrected chi connectivity index (χ0v) is 11.7. The van der Waals surface area contributed by atoms with Crippen molar-refractivity contribution in [2.24, 2.45) is 11.3 Å². The highest BCUT2D eigenvalue weighted by Gasteiger charge is 2.18. The molecular weight excluding hydrogens is 210 g/mol. The molecule has 0 aromatic rings. The smallest absolute Gasteiger partial charge is 0.299 e. The van der Waals surface area contributed by atoms with Gasteiger partial charge in [0, 0.05) is 5.70 Å². The molecule has 0 fully saturated rings. The molecule has 0 aromatic carbocycles. The van der Waals surface area contributed by atoms with Crippen molar-refractivity contribution in [3.05, 3.63) is 23.4 Å². The van der Waals surface area contributed by atoms with Crippen molar-refractivity contribution in [1.82, 2.24) is 5.32 Å². The normalized spacial score (nSPS) is 13.5. The van der Waals surface area contributed by atoms with E-state index >= 15 is 0 Å². The second-order valence-corrected chi connectivity index (χ2v) is 5.22. The van der Waals surface area contributed by atoms with Crippen LogP contribution in [0.1, 0.15) is 41.5 Å². The summed E-state index contributed by atoms with van der Waals surface area (Å²) in [5, 5.41) is 2.65. The van der Waals surface area contributed by atoms with Gasteiger partial charge in [-0.2, -0.15) is 0 Å². The molecule has 17 heavy (non-hydrogen) atoms. The monoisotopic (exact) mass is 233 g/mol. The zero-order chi connectivity index (χ0) is 13.6. The first-order valence-electron chi connectivity index (χ1n) is 5.85. The minimum Gasteiger partial charge on any atom is -0.319 e. The Bertz CT molecular complexity index is 378. The number of nitrogens with one attached hydrogen (secondary N) is 1. The van der Waals surface area contributed by atoms with Gasteiger partial charge >= 0.3 is 0 Å². The van der Waals surface area contributed by atoms with Crippen LogP contribution in [0.2, 0.25) is 0 Å². The molecule has 0 bridgehead atoms. The molecule has 1 N–H and O–H groups in total. The molecule has 0 spiro atoms. The summed E-state index contributed by atoms with van der Waals surface area (Å²) in [5.74, 6) is 2.19. The highest BCUT2D eigenvalue weighted by molar-refractivity contribution is 5.94. The molecule has 0 rings (SSSR count). The highest BCUT2D eigenvalue weighted by atomic mass is 16.1. The second-order valence-electron chi connectivity index (χ2n) is 5.22. The van der Waals surface area contributed by atoms with E-state index in [1.165, 1.54) is 0 Å². The zero-order valence-electron chi connectivity index (χ0n) is 11.7. The highest BCUT2D eigenvalue weighted by Crippen LogP contribution is 2.28. The molecule has 0 radical (unpaired) electrons. The van der Waals surface area contributed by atoms with Crippen LogP contribution in [0.15, 0.2) is 23.4 Å². The number of terminal acetylenes is 1. The van der Waals surface area contributed by atoms with Crippen molar-refractivity contribution in [3.63, 3.8) is 0 Å². The van der Waals surface area contributed by atoms with Crippen LogP contribution in [-0.4, -0.2) is 5.91 Å². The van der Waals surface area contributed by atoms with E-state index in [0.29, 0.717) is 5.92 Å². The van der Waals surface area contributed by atoms with Crippen LogP contribution in [0.4, 0.5) is 0 Å². The van der Waals surface area contributed by atoms with Gasteiger partial charge in [-0.05, 0) is 36.7 Å². The fraction of sp³-hybridized carbons (Fsp3) is 0.533. The molecule has 0 atom stereocenters. The fourth-order valence-corrected chi connectivity index (χ4v) is 0.962. The molecule has 0 heterocycles. The molecular formula is C15H23NO. The Labute approximate surface area is 105 Å². The third kappa shape index (κ3) is 5.40. The van der Waals surface area contributed by atoms with E-state index in [-0.39, 0.29) is 5.41 Å². The van der Waals surface area contributed by atoms with Gasteiger partial charge in [-0.3, -0.25) is 4.79 Å². The van der Waals surface area contributed by atoms with Crippen LogP contribution < -0.4 is 5.32 Å². The number of allylic oxidation sites excluding steroid dienone is 4. The van der Waals surface area contributed by atoms with Gasteiger partial charge in [0.1, 0.15) is 0 Å². The summed E-state index contributed by atoms with van der Waals surface area (Å²) in [7, 11) is 0. The van der Waals surface area contributed by atoms with Crippen LogP contribution >= 0.6 is 0 Å². The van der Waals surface area contributed by atoms with Gasteiger partial charge in [-0.1, -0.05) is 39.8 Å². The Morgan fingerprint density at radius 2 is 1.88 bits per heavy atom. The Morgan fingerprint density at radius 3 is 2.29 bits per heavy atom. The van der Waals surface area contributed by atoms with Crippen molar-refractivity contribution in [2.75, 3.05) is 0 Å². The molecule has 0 saturated heterocycles. The molecule has 0 unspecified atom stereocenters. The predicted octanol–water partition coefficient (Wildman–Crippen LogP) is 3.27. The average Bonchev–Trinajstić information content (AvgIpc) is 2.25. The third-order valence-corrected chi connectivity index (χ3v) is 3.27. The van der Waals surface area contributed by atoms with E-state index in [1.54, 1.807) is 0 Å². The molecule has 0 aliphatic rings. The lowest BCUT2D eigenvalue weighted by atomic mass is 9.80. The first kappa shape index (κ1) is 15.5. The quantitative estimate of drug-likeness (QED) is 0.586. The van der Waals surface area contributed by atoms with E-state index in [2.05, 4.69) is 39.1 Å². The minimum atomic E-state index is -0.404. The summed E-state index contributed by atoms with van der Waals surface area (Å²) in [6, 6.07) is 0. The van der Waals surface area contributed by atoms with Crippen molar-refractivity contribution in [2.45, 2.75) is 41.5 Å². The van der Waals surface area contributed by atoms with Gasteiger partial charge in [0.25, 0.3) is 5.91 Å². The lowest BCUT2D eigenvalue weighted by Gasteiger charge is -2.25. The third-order valence-electron chi connectivity index (χ3n) is 3.27. The maximum Gasteiger partial charge on any atom is 0.299 e. The molecule has 1 amide bonds. The molecule has 0 aromatic heterocycles. The summed E-state index contributed by atoms with van der Waals surface area (Å²) in [4.78, 5) is 11.0. The summed E-state index contributed by atoms with van der Waals surface area (Å²) in [5.41, 5.74) is 1.95. The SMILES string of the molecule is C#CC(=O)N/C(C)=C(C)/C=C\C(C)(C)C(C)C. The average molecular weight is 233 g/mol. The van der Waals surface area contributed by atoms with E-state index in [0.717, 1.165) is 11.3 Å². The topological polar surface area (TPSA) is 29.1 Å². The van der Waals surface area contributed by atoms with Gasteiger partial charge in [0.05, 0.1) is 0 Å². The summed E-state index contributed by atoms with van der Waals surface area (Å²) >= 11 is 0. The largest absolute Gasteiger partial charge is 0.319 e. The number of carbonyl (C=O) groups is 1. The van der Waals surface area contributed by atoms with Crippen LogP contribution in [0.3, 0.4) is 0 Å². The maximum atomic E-state index is 11.0. The summed E-state index contributed by atoms with van der Waals surface area (Å²) < 4.78 is 0. The van der Waals surface area contributed by atoms with Crippen molar-refractivity contribution in [1.29, 1.82) is 0 Å². The predicted molar refractivity (Wildman–Crippen MR) is 73.1 cm³/mol. The fourth-order valence-electron chi connectivity index (χ4n) is 0.962.